The Labute approximate surface area is 113 Å². The normalized spacial score (nSPS) is 10.8. The van der Waals surface area contributed by atoms with Crippen LogP contribution >= 0.6 is 0 Å². The third-order valence-electron chi connectivity index (χ3n) is 3.23. The highest BCUT2D eigenvalue weighted by Gasteiger charge is 2.04. The maximum Gasteiger partial charge on any atom is 0.119 e. The van der Waals surface area contributed by atoms with Gasteiger partial charge in [0.1, 0.15) is 5.75 Å². The quantitative estimate of drug-likeness (QED) is 0.726. The second-order valence-electron chi connectivity index (χ2n) is 4.73. The van der Waals surface area contributed by atoms with Gasteiger partial charge in [-0.3, -0.25) is 0 Å². The Hall–Kier alpha value is -2.22. The van der Waals surface area contributed by atoms with Gasteiger partial charge in [0.2, 0.25) is 0 Å². The number of ether oxygens (including phenoxy) is 1. The maximum absolute atomic E-state index is 5.55. The predicted octanol–water partition coefficient (Wildman–Crippen LogP) is 4.54. The molecule has 0 radical (unpaired) electrons. The fourth-order valence-corrected chi connectivity index (χ4v) is 2.33. The lowest BCUT2D eigenvalue weighted by molar-refractivity contribution is 0.340. The molecule has 0 amide bonds. The Morgan fingerprint density at radius 2 is 1.95 bits per heavy atom. The summed E-state index contributed by atoms with van der Waals surface area (Å²) in [6.45, 7) is 4.80. The van der Waals surface area contributed by atoms with Crippen molar-refractivity contribution in [1.29, 1.82) is 0 Å². The van der Waals surface area contributed by atoms with E-state index in [-0.39, 0.29) is 0 Å². The van der Waals surface area contributed by atoms with Crippen LogP contribution in [-0.2, 0) is 0 Å². The van der Waals surface area contributed by atoms with Crippen LogP contribution in [0.2, 0.25) is 0 Å². The molecule has 2 aromatic carbocycles. The van der Waals surface area contributed by atoms with Crippen molar-refractivity contribution < 1.29 is 4.74 Å². The fourth-order valence-electron chi connectivity index (χ4n) is 2.33. The first-order valence-corrected chi connectivity index (χ1v) is 6.59. The van der Waals surface area contributed by atoms with Gasteiger partial charge in [-0.2, -0.15) is 0 Å². The number of aromatic nitrogens is 1. The van der Waals surface area contributed by atoms with Crippen molar-refractivity contribution >= 4 is 10.9 Å². The van der Waals surface area contributed by atoms with Crippen LogP contribution in [0.4, 0.5) is 0 Å². The Bertz CT molecular complexity index is 712. The van der Waals surface area contributed by atoms with Crippen LogP contribution in [0.1, 0.15) is 12.5 Å². The molecule has 0 saturated heterocycles. The lowest BCUT2D eigenvalue weighted by atomic mass is 10.1. The first-order chi connectivity index (χ1) is 9.26. The molecule has 0 aliphatic carbocycles. The van der Waals surface area contributed by atoms with Crippen molar-refractivity contribution in [1.82, 2.24) is 4.98 Å². The van der Waals surface area contributed by atoms with Crippen molar-refractivity contribution in [3.05, 3.63) is 54.1 Å². The SMILES string of the molecule is CCOc1cccc(-c2cc3cc(C)ccc3[nH]2)c1. The largest absolute Gasteiger partial charge is 0.494 e. The molecule has 0 spiro atoms. The van der Waals surface area contributed by atoms with Crippen LogP contribution in [0.3, 0.4) is 0 Å². The van der Waals surface area contributed by atoms with E-state index in [0.717, 1.165) is 17.0 Å². The van der Waals surface area contributed by atoms with Crippen LogP contribution in [0.15, 0.2) is 48.5 Å². The summed E-state index contributed by atoms with van der Waals surface area (Å²) in [6.07, 6.45) is 0. The van der Waals surface area contributed by atoms with Crippen molar-refractivity contribution in [3.8, 4) is 17.0 Å². The third kappa shape index (κ3) is 2.34. The van der Waals surface area contributed by atoms with Gasteiger partial charge in [-0.1, -0.05) is 23.8 Å². The van der Waals surface area contributed by atoms with Gasteiger partial charge in [-0.25, -0.2) is 0 Å². The number of aryl methyl sites for hydroxylation is 1. The first kappa shape index (κ1) is 11.8. The van der Waals surface area contributed by atoms with E-state index in [9.17, 15) is 0 Å². The first-order valence-electron chi connectivity index (χ1n) is 6.59. The summed E-state index contributed by atoms with van der Waals surface area (Å²) in [5.41, 5.74) is 4.73. The van der Waals surface area contributed by atoms with Crippen LogP contribution in [0.25, 0.3) is 22.2 Å². The molecular weight excluding hydrogens is 234 g/mol. The topological polar surface area (TPSA) is 25.0 Å². The second kappa shape index (κ2) is 4.81. The second-order valence-corrected chi connectivity index (χ2v) is 4.73. The number of hydrogen-bond donors (Lipinski definition) is 1. The highest BCUT2D eigenvalue weighted by atomic mass is 16.5. The summed E-state index contributed by atoms with van der Waals surface area (Å²) in [5.74, 6) is 0.912. The van der Waals surface area contributed by atoms with Gasteiger partial charge in [0.05, 0.1) is 6.61 Å². The lowest BCUT2D eigenvalue weighted by Crippen LogP contribution is -1.91. The number of rotatable bonds is 3. The molecule has 0 bridgehead atoms. The molecular formula is C17H17NO. The average molecular weight is 251 g/mol. The Morgan fingerprint density at radius 1 is 1.05 bits per heavy atom. The number of fused-ring (bicyclic) bond motifs is 1. The van der Waals surface area contributed by atoms with Gasteiger partial charge in [-0.15, -0.1) is 0 Å². The summed E-state index contributed by atoms with van der Waals surface area (Å²) >= 11 is 0. The molecule has 3 aromatic rings. The third-order valence-corrected chi connectivity index (χ3v) is 3.23. The highest BCUT2D eigenvalue weighted by molar-refractivity contribution is 5.86. The van der Waals surface area contributed by atoms with Gasteiger partial charge in [0, 0.05) is 22.2 Å². The summed E-state index contributed by atoms with van der Waals surface area (Å²) in [5, 5.41) is 1.25. The van der Waals surface area contributed by atoms with E-state index < -0.39 is 0 Å². The fraction of sp³-hybridized carbons (Fsp3) is 0.176. The van der Waals surface area contributed by atoms with Crippen LogP contribution in [-0.4, -0.2) is 11.6 Å². The number of hydrogen-bond acceptors (Lipinski definition) is 1. The smallest absolute Gasteiger partial charge is 0.119 e. The van der Waals surface area contributed by atoms with Gasteiger partial charge in [0.25, 0.3) is 0 Å². The number of aromatic amines is 1. The van der Waals surface area contributed by atoms with E-state index in [4.69, 9.17) is 4.74 Å². The number of benzene rings is 2. The summed E-state index contributed by atoms with van der Waals surface area (Å²) in [7, 11) is 0. The highest BCUT2D eigenvalue weighted by Crippen LogP contribution is 2.27. The van der Waals surface area contributed by atoms with E-state index in [1.807, 2.05) is 19.1 Å². The van der Waals surface area contributed by atoms with Crippen LogP contribution < -0.4 is 4.74 Å². The zero-order valence-electron chi connectivity index (χ0n) is 11.2. The minimum absolute atomic E-state index is 0.690. The molecule has 2 nitrogen and oxygen atoms in total. The van der Waals surface area contributed by atoms with E-state index >= 15 is 0 Å². The zero-order chi connectivity index (χ0) is 13.2. The molecule has 2 heteroatoms. The molecule has 19 heavy (non-hydrogen) atoms. The van der Waals surface area contributed by atoms with Crippen LogP contribution in [0.5, 0.6) is 5.75 Å². The number of H-pyrrole nitrogens is 1. The monoisotopic (exact) mass is 251 g/mol. The van der Waals surface area contributed by atoms with E-state index in [1.165, 1.54) is 16.5 Å². The summed E-state index contributed by atoms with van der Waals surface area (Å²) < 4.78 is 5.55. The summed E-state index contributed by atoms with van der Waals surface area (Å²) in [4.78, 5) is 3.45. The van der Waals surface area contributed by atoms with Gasteiger partial charge >= 0.3 is 0 Å². The molecule has 96 valence electrons. The minimum atomic E-state index is 0.690. The van der Waals surface area contributed by atoms with E-state index in [2.05, 4.69) is 48.3 Å². The zero-order valence-corrected chi connectivity index (χ0v) is 11.2. The lowest BCUT2D eigenvalue weighted by Gasteiger charge is -2.04. The van der Waals surface area contributed by atoms with Gasteiger partial charge < -0.3 is 9.72 Å². The molecule has 3 rings (SSSR count). The number of nitrogens with one attached hydrogen (secondary N) is 1. The van der Waals surface area contributed by atoms with E-state index in [1.54, 1.807) is 0 Å². The van der Waals surface area contributed by atoms with Crippen LogP contribution in [0, 0.1) is 6.92 Å². The minimum Gasteiger partial charge on any atom is -0.494 e. The van der Waals surface area contributed by atoms with Crippen molar-refractivity contribution in [2.24, 2.45) is 0 Å². The van der Waals surface area contributed by atoms with Gasteiger partial charge in [0.15, 0.2) is 0 Å². The summed E-state index contributed by atoms with van der Waals surface area (Å²) in [6, 6.07) is 16.8. The van der Waals surface area contributed by atoms with Gasteiger partial charge in [-0.05, 0) is 44.2 Å². The standard InChI is InChI=1S/C17H17NO/c1-3-19-15-6-4-5-13(10-15)17-11-14-9-12(2)7-8-16(14)18-17/h4-11,18H,3H2,1-2H3. The van der Waals surface area contributed by atoms with Crippen molar-refractivity contribution in [2.75, 3.05) is 6.61 Å². The molecule has 0 aliphatic rings. The molecule has 0 aliphatic heterocycles. The molecule has 0 unspecified atom stereocenters. The van der Waals surface area contributed by atoms with Crippen molar-refractivity contribution in [2.45, 2.75) is 13.8 Å². The molecule has 1 heterocycles. The molecule has 1 N–H and O–H groups in total. The molecule has 0 saturated carbocycles. The van der Waals surface area contributed by atoms with E-state index in [0.29, 0.717) is 6.61 Å². The van der Waals surface area contributed by atoms with Crippen molar-refractivity contribution in [3.63, 3.8) is 0 Å². The average Bonchev–Trinajstić information content (AvgIpc) is 2.82. The predicted molar refractivity (Wildman–Crippen MR) is 79.6 cm³/mol. The Morgan fingerprint density at radius 3 is 2.79 bits per heavy atom. The molecule has 1 aromatic heterocycles. The Kier molecular flexibility index (Phi) is 3.00. The molecule has 0 fully saturated rings. The maximum atomic E-state index is 5.55. The Balaban J connectivity index is 2.05. The molecule has 0 atom stereocenters.